The molecule has 1 saturated heterocycles. The molecule has 1 saturated carbocycles. The van der Waals surface area contributed by atoms with Crippen molar-refractivity contribution in [2.75, 3.05) is 13.1 Å². The summed E-state index contributed by atoms with van der Waals surface area (Å²) in [6, 6.07) is 0. The summed E-state index contributed by atoms with van der Waals surface area (Å²) in [5.41, 5.74) is 0. The molecule has 1 atom stereocenters. The fraction of sp³-hybridized carbons (Fsp3) is 1.00. The molecule has 2 fully saturated rings. The van der Waals surface area contributed by atoms with E-state index in [1.165, 1.54) is 0 Å². The Morgan fingerprint density at radius 3 is 2.13 bits per heavy atom. The van der Waals surface area contributed by atoms with Gasteiger partial charge in [0, 0.05) is 17.9 Å². The first-order chi connectivity index (χ1) is 7.01. The SMILES string of the molecule is CC(Br)C1CCN(S(=O)(=O)C2CC2)CC1. The maximum atomic E-state index is 11.9. The van der Waals surface area contributed by atoms with Gasteiger partial charge in [0.1, 0.15) is 0 Å². The van der Waals surface area contributed by atoms with Gasteiger partial charge >= 0.3 is 0 Å². The van der Waals surface area contributed by atoms with Crippen molar-refractivity contribution in [3.63, 3.8) is 0 Å². The molecule has 0 amide bonds. The highest BCUT2D eigenvalue weighted by molar-refractivity contribution is 9.09. The minimum atomic E-state index is -2.92. The maximum absolute atomic E-state index is 11.9. The van der Waals surface area contributed by atoms with E-state index in [1.807, 2.05) is 0 Å². The predicted octanol–water partition coefficient (Wildman–Crippen LogP) is 1.97. The molecule has 3 nitrogen and oxygen atoms in total. The number of hydrogen-bond acceptors (Lipinski definition) is 2. The van der Waals surface area contributed by atoms with Gasteiger partial charge in [-0.2, -0.15) is 0 Å². The molecular weight excluding hydrogens is 278 g/mol. The van der Waals surface area contributed by atoms with Gasteiger partial charge in [-0.15, -0.1) is 0 Å². The lowest BCUT2D eigenvalue weighted by Gasteiger charge is -2.32. The van der Waals surface area contributed by atoms with Crippen LogP contribution in [0.15, 0.2) is 0 Å². The second-order valence-corrected chi connectivity index (χ2v) is 8.32. The van der Waals surface area contributed by atoms with Crippen LogP contribution in [0.5, 0.6) is 0 Å². The number of alkyl halides is 1. The van der Waals surface area contributed by atoms with Crippen molar-refractivity contribution in [1.82, 2.24) is 4.31 Å². The van der Waals surface area contributed by atoms with Crippen LogP contribution in [-0.4, -0.2) is 35.9 Å². The summed E-state index contributed by atoms with van der Waals surface area (Å²) in [6.45, 7) is 3.59. The van der Waals surface area contributed by atoms with E-state index in [2.05, 4.69) is 22.9 Å². The Morgan fingerprint density at radius 2 is 1.73 bits per heavy atom. The average molecular weight is 296 g/mol. The molecule has 2 aliphatic rings. The van der Waals surface area contributed by atoms with E-state index >= 15 is 0 Å². The summed E-state index contributed by atoms with van der Waals surface area (Å²) in [5.74, 6) is 0.635. The van der Waals surface area contributed by atoms with Gasteiger partial charge in [-0.05, 0) is 31.6 Å². The van der Waals surface area contributed by atoms with E-state index in [0.29, 0.717) is 10.7 Å². The molecule has 0 spiro atoms. The molecule has 1 heterocycles. The lowest BCUT2D eigenvalue weighted by molar-refractivity contribution is 0.274. The Kier molecular flexibility index (Phi) is 3.43. The summed E-state index contributed by atoms with van der Waals surface area (Å²) in [4.78, 5) is 0.503. The van der Waals surface area contributed by atoms with Gasteiger partial charge in [0.25, 0.3) is 0 Å². The number of hydrogen-bond donors (Lipinski definition) is 0. The normalized spacial score (nSPS) is 27.9. The van der Waals surface area contributed by atoms with Crippen LogP contribution in [0.2, 0.25) is 0 Å². The van der Waals surface area contributed by atoms with Crippen LogP contribution in [0.25, 0.3) is 0 Å². The van der Waals surface area contributed by atoms with Gasteiger partial charge in [0.2, 0.25) is 10.0 Å². The third-order valence-electron chi connectivity index (χ3n) is 3.45. The fourth-order valence-corrected chi connectivity index (χ4v) is 4.57. The van der Waals surface area contributed by atoms with Crippen molar-refractivity contribution in [2.45, 2.75) is 42.7 Å². The first-order valence-electron chi connectivity index (χ1n) is 5.65. The summed E-state index contributed by atoms with van der Waals surface area (Å²) >= 11 is 3.58. The van der Waals surface area contributed by atoms with Gasteiger partial charge in [-0.3, -0.25) is 0 Å². The molecule has 0 N–H and O–H groups in total. The topological polar surface area (TPSA) is 37.4 Å². The van der Waals surface area contributed by atoms with E-state index < -0.39 is 10.0 Å². The van der Waals surface area contributed by atoms with Crippen LogP contribution >= 0.6 is 15.9 Å². The van der Waals surface area contributed by atoms with Crippen molar-refractivity contribution < 1.29 is 8.42 Å². The molecule has 0 aromatic heterocycles. The second kappa shape index (κ2) is 4.34. The largest absolute Gasteiger partial charge is 0.216 e. The van der Waals surface area contributed by atoms with Crippen molar-refractivity contribution in [2.24, 2.45) is 5.92 Å². The zero-order valence-electron chi connectivity index (χ0n) is 9.02. The van der Waals surface area contributed by atoms with Crippen molar-refractivity contribution in [1.29, 1.82) is 0 Å². The van der Waals surface area contributed by atoms with Gasteiger partial charge < -0.3 is 0 Å². The molecule has 5 heteroatoms. The molecule has 2 rings (SSSR count). The van der Waals surface area contributed by atoms with E-state index in [9.17, 15) is 8.42 Å². The zero-order chi connectivity index (χ0) is 11.1. The maximum Gasteiger partial charge on any atom is 0.216 e. The summed E-state index contributed by atoms with van der Waals surface area (Å²) in [6.07, 6.45) is 3.74. The average Bonchev–Trinajstić information content (AvgIpc) is 3.01. The number of piperidine rings is 1. The molecule has 88 valence electrons. The van der Waals surface area contributed by atoms with Crippen LogP contribution in [0.3, 0.4) is 0 Å². The molecular formula is C10H18BrNO2S. The lowest BCUT2D eigenvalue weighted by atomic mass is 9.96. The Bertz CT molecular complexity index is 316. The number of sulfonamides is 1. The summed E-state index contributed by atoms with van der Waals surface area (Å²) < 4.78 is 25.6. The molecule has 0 bridgehead atoms. The zero-order valence-corrected chi connectivity index (χ0v) is 11.4. The van der Waals surface area contributed by atoms with Gasteiger partial charge in [0.15, 0.2) is 0 Å². The fourth-order valence-electron chi connectivity index (χ4n) is 2.17. The van der Waals surface area contributed by atoms with E-state index in [0.717, 1.165) is 38.8 Å². The molecule has 15 heavy (non-hydrogen) atoms. The molecule has 0 radical (unpaired) electrons. The highest BCUT2D eigenvalue weighted by atomic mass is 79.9. The van der Waals surface area contributed by atoms with Crippen LogP contribution in [0, 0.1) is 5.92 Å². The Hall–Kier alpha value is 0.390. The highest BCUT2D eigenvalue weighted by Gasteiger charge is 2.41. The Labute approximate surface area is 100 Å². The molecule has 1 aliphatic heterocycles. The first-order valence-corrected chi connectivity index (χ1v) is 8.06. The van der Waals surface area contributed by atoms with Gasteiger partial charge in [-0.25, -0.2) is 12.7 Å². The minimum Gasteiger partial charge on any atom is -0.212 e. The van der Waals surface area contributed by atoms with Crippen LogP contribution in [0.1, 0.15) is 32.6 Å². The summed E-state index contributed by atoms with van der Waals surface area (Å²) in [7, 11) is -2.92. The number of rotatable bonds is 3. The van der Waals surface area contributed by atoms with Crippen LogP contribution in [-0.2, 0) is 10.0 Å². The first kappa shape index (κ1) is 11.9. The quantitative estimate of drug-likeness (QED) is 0.747. The van der Waals surface area contributed by atoms with Crippen molar-refractivity contribution >= 4 is 26.0 Å². The highest BCUT2D eigenvalue weighted by Crippen LogP contribution is 2.34. The third kappa shape index (κ3) is 2.56. The van der Waals surface area contributed by atoms with Crippen molar-refractivity contribution in [3.05, 3.63) is 0 Å². The third-order valence-corrected chi connectivity index (χ3v) is 6.60. The number of nitrogens with zero attached hydrogens (tertiary/aromatic N) is 1. The molecule has 1 aliphatic carbocycles. The Balaban J connectivity index is 1.93. The molecule has 0 aromatic rings. The molecule has 1 unspecified atom stereocenters. The second-order valence-electron chi connectivity index (χ2n) is 4.66. The Morgan fingerprint density at radius 1 is 1.20 bits per heavy atom. The van der Waals surface area contributed by atoms with Gasteiger partial charge in [-0.1, -0.05) is 22.9 Å². The van der Waals surface area contributed by atoms with Crippen LogP contribution < -0.4 is 0 Å². The van der Waals surface area contributed by atoms with Crippen molar-refractivity contribution in [3.8, 4) is 0 Å². The minimum absolute atomic E-state index is 0.0459. The van der Waals surface area contributed by atoms with Gasteiger partial charge in [0.05, 0.1) is 5.25 Å². The van der Waals surface area contributed by atoms with Crippen LogP contribution in [0.4, 0.5) is 0 Å². The smallest absolute Gasteiger partial charge is 0.212 e. The van der Waals surface area contributed by atoms with E-state index in [-0.39, 0.29) is 5.25 Å². The standard InChI is InChI=1S/C10H18BrNO2S/c1-8(11)9-4-6-12(7-5-9)15(13,14)10-2-3-10/h8-10H,2-7H2,1H3. The molecule has 0 aromatic carbocycles. The van der Waals surface area contributed by atoms with E-state index in [1.54, 1.807) is 4.31 Å². The summed E-state index contributed by atoms with van der Waals surface area (Å²) in [5, 5.41) is -0.0459. The number of halogens is 1. The lowest BCUT2D eigenvalue weighted by Crippen LogP contribution is -2.41. The van der Waals surface area contributed by atoms with E-state index in [4.69, 9.17) is 0 Å². The monoisotopic (exact) mass is 295 g/mol. The predicted molar refractivity (Wildman–Crippen MR) is 64.6 cm³/mol.